The van der Waals surface area contributed by atoms with E-state index in [1.165, 1.54) is 13.0 Å². The van der Waals surface area contributed by atoms with Crippen LogP contribution in [0.2, 0.25) is 0 Å². The van der Waals surface area contributed by atoms with Crippen molar-refractivity contribution in [1.29, 1.82) is 5.26 Å². The topological polar surface area (TPSA) is 70.0 Å². The van der Waals surface area contributed by atoms with Crippen molar-refractivity contribution in [2.45, 2.75) is 6.92 Å². The lowest BCUT2D eigenvalue weighted by atomic mass is 10.1. The summed E-state index contributed by atoms with van der Waals surface area (Å²) in [5.41, 5.74) is 1.47. The fourth-order valence-corrected chi connectivity index (χ4v) is 1.14. The SMILES string of the molecule is CC(=O)Nc1ccc(/C=C(\C#N)C=O)cc1. The van der Waals surface area contributed by atoms with Crippen molar-refractivity contribution in [3.05, 3.63) is 35.4 Å². The number of amides is 1. The third kappa shape index (κ3) is 3.39. The second-order valence-electron chi connectivity index (χ2n) is 3.13. The van der Waals surface area contributed by atoms with Crippen molar-refractivity contribution in [1.82, 2.24) is 0 Å². The minimum Gasteiger partial charge on any atom is -0.326 e. The van der Waals surface area contributed by atoms with Crippen molar-refractivity contribution < 1.29 is 9.59 Å². The summed E-state index contributed by atoms with van der Waals surface area (Å²) in [7, 11) is 0. The van der Waals surface area contributed by atoms with Crippen molar-refractivity contribution in [3.8, 4) is 6.07 Å². The summed E-state index contributed by atoms with van der Waals surface area (Å²) in [5, 5.41) is 11.2. The smallest absolute Gasteiger partial charge is 0.221 e. The molecule has 0 unspecified atom stereocenters. The molecule has 16 heavy (non-hydrogen) atoms. The normalized spacial score (nSPS) is 10.4. The van der Waals surface area contributed by atoms with Crippen molar-refractivity contribution >= 4 is 24.0 Å². The van der Waals surface area contributed by atoms with E-state index >= 15 is 0 Å². The first-order chi connectivity index (χ1) is 7.65. The number of hydrogen-bond acceptors (Lipinski definition) is 3. The summed E-state index contributed by atoms with van der Waals surface area (Å²) in [6.07, 6.45) is 1.98. The Hall–Kier alpha value is -2.41. The molecule has 0 saturated heterocycles. The molecule has 1 amide bonds. The Balaban J connectivity index is 2.87. The molecular formula is C12H10N2O2. The van der Waals surface area contributed by atoms with Gasteiger partial charge < -0.3 is 5.32 Å². The van der Waals surface area contributed by atoms with Gasteiger partial charge >= 0.3 is 0 Å². The number of aldehydes is 1. The molecular weight excluding hydrogens is 204 g/mol. The molecule has 0 radical (unpaired) electrons. The van der Waals surface area contributed by atoms with Gasteiger partial charge in [-0.2, -0.15) is 5.26 Å². The van der Waals surface area contributed by atoms with Crippen LogP contribution >= 0.6 is 0 Å². The van der Waals surface area contributed by atoms with Gasteiger partial charge in [0.05, 0.1) is 5.57 Å². The molecule has 0 aromatic heterocycles. The first kappa shape index (κ1) is 11.7. The molecule has 0 aliphatic heterocycles. The zero-order valence-corrected chi connectivity index (χ0v) is 8.73. The number of rotatable bonds is 3. The van der Waals surface area contributed by atoms with E-state index in [1.54, 1.807) is 30.3 Å². The molecule has 0 heterocycles. The quantitative estimate of drug-likeness (QED) is 0.473. The van der Waals surface area contributed by atoms with E-state index < -0.39 is 0 Å². The Morgan fingerprint density at radius 3 is 2.44 bits per heavy atom. The van der Waals surface area contributed by atoms with Crippen LogP contribution in [0.25, 0.3) is 6.08 Å². The van der Waals surface area contributed by atoms with E-state index in [1.807, 2.05) is 0 Å². The predicted octanol–water partition coefficient (Wildman–Crippen LogP) is 1.75. The third-order valence-corrected chi connectivity index (χ3v) is 1.81. The van der Waals surface area contributed by atoms with Gasteiger partial charge in [-0.25, -0.2) is 0 Å². The van der Waals surface area contributed by atoms with Crippen LogP contribution in [0.1, 0.15) is 12.5 Å². The van der Waals surface area contributed by atoms with Crippen LogP contribution in [-0.4, -0.2) is 12.2 Å². The van der Waals surface area contributed by atoms with Gasteiger partial charge in [-0.1, -0.05) is 12.1 Å². The fraction of sp³-hybridized carbons (Fsp3) is 0.0833. The number of hydrogen-bond donors (Lipinski definition) is 1. The van der Waals surface area contributed by atoms with Gasteiger partial charge in [-0.05, 0) is 23.8 Å². The van der Waals surface area contributed by atoms with Crippen LogP contribution in [0, 0.1) is 11.3 Å². The second-order valence-corrected chi connectivity index (χ2v) is 3.13. The van der Waals surface area contributed by atoms with Crippen molar-refractivity contribution in [3.63, 3.8) is 0 Å². The van der Waals surface area contributed by atoms with Gasteiger partial charge in [-0.15, -0.1) is 0 Å². The second kappa shape index (κ2) is 5.47. The predicted molar refractivity (Wildman–Crippen MR) is 60.4 cm³/mol. The van der Waals surface area contributed by atoms with Crippen LogP contribution in [0.15, 0.2) is 29.8 Å². The molecule has 80 valence electrons. The highest BCUT2D eigenvalue weighted by atomic mass is 16.1. The number of nitrogens with zero attached hydrogens (tertiary/aromatic N) is 1. The van der Waals surface area contributed by atoms with E-state index in [-0.39, 0.29) is 11.5 Å². The van der Waals surface area contributed by atoms with Crippen LogP contribution in [0.4, 0.5) is 5.69 Å². The molecule has 0 aliphatic rings. The van der Waals surface area contributed by atoms with Crippen LogP contribution in [-0.2, 0) is 9.59 Å². The van der Waals surface area contributed by atoms with Crippen molar-refractivity contribution in [2.75, 3.05) is 5.32 Å². The standard InChI is InChI=1S/C12H10N2O2/c1-9(16)14-12-4-2-10(3-5-12)6-11(7-13)8-15/h2-6,8H,1H3,(H,14,16)/b11-6+. The molecule has 0 bridgehead atoms. The fourth-order valence-electron chi connectivity index (χ4n) is 1.14. The van der Waals surface area contributed by atoms with E-state index in [4.69, 9.17) is 5.26 Å². The average Bonchev–Trinajstić information content (AvgIpc) is 2.27. The van der Waals surface area contributed by atoms with Gasteiger partial charge in [0.1, 0.15) is 6.07 Å². The van der Waals surface area contributed by atoms with E-state index in [2.05, 4.69) is 5.32 Å². The number of nitrogens with one attached hydrogen (secondary N) is 1. The minimum atomic E-state index is -0.145. The molecule has 1 aromatic rings. The zero-order chi connectivity index (χ0) is 12.0. The van der Waals surface area contributed by atoms with E-state index in [9.17, 15) is 9.59 Å². The van der Waals surface area contributed by atoms with E-state index in [0.29, 0.717) is 12.0 Å². The molecule has 0 spiro atoms. The van der Waals surface area contributed by atoms with Crippen molar-refractivity contribution in [2.24, 2.45) is 0 Å². The number of benzene rings is 1. The lowest BCUT2D eigenvalue weighted by Gasteiger charge is -2.01. The summed E-state index contributed by atoms with van der Waals surface area (Å²) in [5.74, 6) is -0.145. The Morgan fingerprint density at radius 2 is 2.00 bits per heavy atom. The first-order valence-corrected chi connectivity index (χ1v) is 4.60. The maximum absolute atomic E-state index is 10.8. The maximum atomic E-state index is 10.8. The van der Waals surface area contributed by atoms with Gasteiger partial charge in [0.25, 0.3) is 0 Å². The molecule has 0 atom stereocenters. The van der Waals surface area contributed by atoms with E-state index in [0.717, 1.165) is 5.56 Å². The molecule has 0 aliphatic carbocycles. The zero-order valence-electron chi connectivity index (χ0n) is 8.73. The molecule has 0 saturated carbocycles. The Bertz CT molecular complexity index is 467. The summed E-state index contributed by atoms with van der Waals surface area (Å²) >= 11 is 0. The maximum Gasteiger partial charge on any atom is 0.221 e. The Kier molecular flexibility index (Phi) is 3.98. The number of allylic oxidation sites excluding steroid dienone is 1. The molecule has 4 nitrogen and oxygen atoms in total. The Labute approximate surface area is 93.2 Å². The van der Waals surface area contributed by atoms with Crippen LogP contribution in [0.3, 0.4) is 0 Å². The highest BCUT2D eigenvalue weighted by Gasteiger charge is 1.96. The van der Waals surface area contributed by atoms with Crippen LogP contribution in [0.5, 0.6) is 0 Å². The molecule has 1 rings (SSSR count). The lowest BCUT2D eigenvalue weighted by Crippen LogP contribution is -2.05. The molecule has 1 aromatic carbocycles. The third-order valence-electron chi connectivity index (χ3n) is 1.81. The van der Waals surface area contributed by atoms with Gasteiger partial charge in [0.2, 0.25) is 5.91 Å². The highest BCUT2D eigenvalue weighted by Crippen LogP contribution is 2.11. The lowest BCUT2D eigenvalue weighted by molar-refractivity contribution is -0.114. The minimum absolute atomic E-state index is 0.0623. The number of nitriles is 1. The summed E-state index contributed by atoms with van der Waals surface area (Å²) in [6, 6.07) is 8.60. The number of carbonyl (C=O) groups excluding carboxylic acids is 2. The average molecular weight is 214 g/mol. The molecule has 4 heteroatoms. The number of carbonyl (C=O) groups is 2. The highest BCUT2D eigenvalue weighted by molar-refractivity contribution is 5.89. The van der Waals surface area contributed by atoms with Gasteiger partial charge in [-0.3, -0.25) is 9.59 Å². The summed E-state index contributed by atoms with van der Waals surface area (Å²) < 4.78 is 0. The molecule has 0 fully saturated rings. The Morgan fingerprint density at radius 1 is 1.38 bits per heavy atom. The molecule has 1 N–H and O–H groups in total. The largest absolute Gasteiger partial charge is 0.326 e. The van der Waals surface area contributed by atoms with Gasteiger partial charge in [0, 0.05) is 12.6 Å². The first-order valence-electron chi connectivity index (χ1n) is 4.60. The monoisotopic (exact) mass is 214 g/mol. The summed E-state index contributed by atoms with van der Waals surface area (Å²) in [4.78, 5) is 21.2. The van der Waals surface area contributed by atoms with Gasteiger partial charge in [0.15, 0.2) is 6.29 Å². The summed E-state index contributed by atoms with van der Waals surface area (Å²) in [6.45, 7) is 1.42. The number of anilines is 1. The van der Waals surface area contributed by atoms with Crippen LogP contribution < -0.4 is 5.32 Å².